The van der Waals surface area contributed by atoms with E-state index >= 15 is 0 Å². The molecule has 0 bridgehead atoms. The average molecular weight is 254 g/mol. The minimum atomic E-state index is -2.44. The van der Waals surface area contributed by atoms with Crippen LogP contribution in [0, 0.1) is 0 Å². The molecule has 0 saturated heterocycles. The van der Waals surface area contributed by atoms with Crippen molar-refractivity contribution in [2.24, 2.45) is 10.8 Å². The van der Waals surface area contributed by atoms with Crippen molar-refractivity contribution >= 4 is 5.96 Å². The normalized spacial score (nSPS) is 11.9. The molecule has 0 radical (unpaired) electrons. The number of rotatable bonds is 9. The van der Waals surface area contributed by atoms with E-state index in [2.05, 4.69) is 20.5 Å². The molecule has 0 unspecified atom stereocenters. The molecular formula is C9H20F2N4O2. The largest absolute Gasteiger partial charge is 0.385 e. The van der Waals surface area contributed by atoms with E-state index in [0.717, 1.165) is 6.42 Å². The molecular weight excluding hydrogens is 234 g/mol. The summed E-state index contributed by atoms with van der Waals surface area (Å²) in [5.41, 5.74) is 2.37. The standard InChI is InChI=1S/C9H20F2N4O2/c1-16-5-2-3-13-9(15-12)14-4-6-17-7-8(10)11/h8H,2-7,12H2,1H3,(H2,13,14,15). The Balaban J connectivity index is 3.53. The van der Waals surface area contributed by atoms with Gasteiger partial charge in [-0.05, 0) is 6.42 Å². The molecule has 102 valence electrons. The maximum absolute atomic E-state index is 11.7. The van der Waals surface area contributed by atoms with Gasteiger partial charge in [-0.15, -0.1) is 0 Å². The predicted octanol–water partition coefficient (Wildman–Crippen LogP) is -0.286. The summed E-state index contributed by atoms with van der Waals surface area (Å²) in [6.07, 6.45) is -1.66. The molecule has 4 N–H and O–H groups in total. The number of hydrazine groups is 1. The zero-order chi connectivity index (χ0) is 12.9. The van der Waals surface area contributed by atoms with Gasteiger partial charge >= 0.3 is 0 Å². The van der Waals surface area contributed by atoms with Crippen LogP contribution in [0.1, 0.15) is 6.42 Å². The van der Waals surface area contributed by atoms with Crippen molar-refractivity contribution in [3.05, 3.63) is 0 Å². The molecule has 0 aromatic heterocycles. The minimum Gasteiger partial charge on any atom is -0.385 e. The van der Waals surface area contributed by atoms with Gasteiger partial charge in [0, 0.05) is 26.8 Å². The maximum atomic E-state index is 11.7. The zero-order valence-electron chi connectivity index (χ0n) is 9.92. The smallest absolute Gasteiger partial charge is 0.261 e. The molecule has 0 aliphatic heterocycles. The number of nitrogens with two attached hydrogens (primary N) is 1. The SMILES string of the molecule is COCCCN=C(NN)NCCOCC(F)F. The van der Waals surface area contributed by atoms with Gasteiger partial charge in [-0.1, -0.05) is 0 Å². The summed E-state index contributed by atoms with van der Waals surface area (Å²) in [6.45, 7) is 1.16. The molecule has 0 saturated carbocycles. The van der Waals surface area contributed by atoms with Crippen LogP contribution < -0.4 is 16.6 Å². The van der Waals surface area contributed by atoms with E-state index in [-0.39, 0.29) is 6.61 Å². The first kappa shape index (κ1) is 16.0. The van der Waals surface area contributed by atoms with Gasteiger partial charge in [0.25, 0.3) is 6.43 Å². The number of halogens is 2. The Morgan fingerprint density at radius 3 is 2.76 bits per heavy atom. The summed E-state index contributed by atoms with van der Waals surface area (Å²) < 4.78 is 33.0. The topological polar surface area (TPSA) is 80.9 Å². The van der Waals surface area contributed by atoms with Crippen molar-refractivity contribution in [2.45, 2.75) is 12.8 Å². The highest BCUT2D eigenvalue weighted by molar-refractivity contribution is 5.79. The average Bonchev–Trinajstić information content (AvgIpc) is 2.31. The quantitative estimate of drug-likeness (QED) is 0.173. The molecule has 17 heavy (non-hydrogen) atoms. The Hall–Kier alpha value is -0.990. The maximum Gasteiger partial charge on any atom is 0.261 e. The van der Waals surface area contributed by atoms with Crippen LogP contribution in [-0.2, 0) is 9.47 Å². The van der Waals surface area contributed by atoms with E-state index in [4.69, 9.17) is 10.6 Å². The third kappa shape index (κ3) is 11.3. The summed E-state index contributed by atoms with van der Waals surface area (Å²) in [5.74, 6) is 5.62. The highest BCUT2D eigenvalue weighted by Gasteiger charge is 2.01. The van der Waals surface area contributed by atoms with Crippen LogP contribution in [0.4, 0.5) is 8.78 Å². The van der Waals surface area contributed by atoms with Crippen LogP contribution in [-0.4, -0.2) is 52.4 Å². The number of aliphatic imine (C=N–C) groups is 1. The molecule has 0 rings (SSSR count). The molecule has 8 heteroatoms. The molecule has 0 aromatic rings. The van der Waals surface area contributed by atoms with E-state index in [9.17, 15) is 8.78 Å². The third-order valence-corrected chi connectivity index (χ3v) is 1.70. The Bertz CT molecular complexity index is 205. The summed E-state index contributed by atoms with van der Waals surface area (Å²) in [5, 5.41) is 2.82. The summed E-state index contributed by atoms with van der Waals surface area (Å²) >= 11 is 0. The Labute approximate surface area is 99.5 Å². The van der Waals surface area contributed by atoms with Gasteiger partial charge in [0.1, 0.15) is 6.61 Å². The molecule has 0 atom stereocenters. The van der Waals surface area contributed by atoms with E-state index in [0.29, 0.717) is 25.7 Å². The number of nitrogens with zero attached hydrogens (tertiary/aromatic N) is 1. The first-order valence-corrected chi connectivity index (χ1v) is 5.30. The van der Waals surface area contributed by atoms with Crippen LogP contribution in [0.2, 0.25) is 0 Å². The second-order valence-corrected chi connectivity index (χ2v) is 3.11. The third-order valence-electron chi connectivity index (χ3n) is 1.70. The number of hydrogen-bond donors (Lipinski definition) is 3. The van der Waals surface area contributed by atoms with Gasteiger partial charge in [0.05, 0.1) is 6.61 Å². The molecule has 6 nitrogen and oxygen atoms in total. The predicted molar refractivity (Wildman–Crippen MR) is 60.9 cm³/mol. The number of alkyl halides is 2. The van der Waals surface area contributed by atoms with E-state index in [1.165, 1.54) is 0 Å². The molecule has 0 heterocycles. The lowest BCUT2D eigenvalue weighted by Crippen LogP contribution is -2.43. The zero-order valence-corrected chi connectivity index (χ0v) is 9.92. The lowest BCUT2D eigenvalue weighted by molar-refractivity contribution is 0.0196. The van der Waals surface area contributed by atoms with Crippen molar-refractivity contribution in [1.29, 1.82) is 0 Å². The van der Waals surface area contributed by atoms with E-state index in [1.807, 2.05) is 0 Å². The summed E-state index contributed by atoms with van der Waals surface area (Å²) in [6, 6.07) is 0. The van der Waals surface area contributed by atoms with Crippen LogP contribution in [0.5, 0.6) is 0 Å². The van der Waals surface area contributed by atoms with Gasteiger partial charge in [-0.25, -0.2) is 14.6 Å². The molecule has 0 fully saturated rings. The molecule has 0 aromatic carbocycles. The van der Waals surface area contributed by atoms with E-state index in [1.54, 1.807) is 7.11 Å². The van der Waals surface area contributed by atoms with Gasteiger partial charge < -0.3 is 14.8 Å². The highest BCUT2D eigenvalue weighted by atomic mass is 19.3. The van der Waals surface area contributed by atoms with Gasteiger partial charge in [-0.2, -0.15) is 0 Å². The lowest BCUT2D eigenvalue weighted by atomic mass is 10.5. The summed E-state index contributed by atoms with van der Waals surface area (Å²) in [7, 11) is 1.62. The molecule has 0 aliphatic carbocycles. The fourth-order valence-corrected chi connectivity index (χ4v) is 0.966. The molecule has 0 spiro atoms. The molecule has 0 amide bonds. The number of nitrogens with one attached hydrogen (secondary N) is 2. The van der Waals surface area contributed by atoms with Crippen molar-refractivity contribution in [2.75, 3.05) is 40.0 Å². The minimum absolute atomic E-state index is 0.170. The van der Waals surface area contributed by atoms with Crippen molar-refractivity contribution in [1.82, 2.24) is 10.7 Å². The highest BCUT2D eigenvalue weighted by Crippen LogP contribution is 1.91. The van der Waals surface area contributed by atoms with Crippen LogP contribution >= 0.6 is 0 Å². The number of methoxy groups -OCH3 is 1. The van der Waals surface area contributed by atoms with Crippen molar-refractivity contribution in [3.8, 4) is 0 Å². The van der Waals surface area contributed by atoms with Gasteiger partial charge in [0.2, 0.25) is 5.96 Å². The number of hydrogen-bond acceptors (Lipinski definition) is 4. The molecule has 0 aliphatic rings. The monoisotopic (exact) mass is 254 g/mol. The van der Waals surface area contributed by atoms with Crippen LogP contribution in [0.25, 0.3) is 0 Å². The fraction of sp³-hybridized carbons (Fsp3) is 0.889. The van der Waals surface area contributed by atoms with Crippen LogP contribution in [0.15, 0.2) is 4.99 Å². The summed E-state index contributed by atoms with van der Waals surface area (Å²) in [4.78, 5) is 4.10. The van der Waals surface area contributed by atoms with Crippen molar-refractivity contribution in [3.63, 3.8) is 0 Å². The Morgan fingerprint density at radius 1 is 1.41 bits per heavy atom. The Morgan fingerprint density at radius 2 is 2.18 bits per heavy atom. The lowest BCUT2D eigenvalue weighted by Gasteiger charge is -2.09. The van der Waals surface area contributed by atoms with Crippen molar-refractivity contribution < 1.29 is 18.3 Å². The second kappa shape index (κ2) is 11.5. The van der Waals surface area contributed by atoms with E-state index < -0.39 is 13.0 Å². The van der Waals surface area contributed by atoms with Gasteiger partial charge in [0.15, 0.2) is 0 Å². The van der Waals surface area contributed by atoms with Crippen LogP contribution in [0.3, 0.4) is 0 Å². The first-order chi connectivity index (χ1) is 8.20. The number of ether oxygens (including phenoxy) is 2. The van der Waals surface area contributed by atoms with Gasteiger partial charge in [-0.3, -0.25) is 10.4 Å². The first-order valence-electron chi connectivity index (χ1n) is 5.30. The second-order valence-electron chi connectivity index (χ2n) is 3.11. The number of guanidine groups is 1. The Kier molecular flexibility index (Phi) is 10.8. The fourth-order valence-electron chi connectivity index (χ4n) is 0.966.